The largest absolute Gasteiger partial charge is 0.461 e. The Balaban J connectivity index is 1.83. The molecule has 2 aliphatic carbocycles. The first-order chi connectivity index (χ1) is 8.24. The van der Waals surface area contributed by atoms with E-state index in [-0.39, 0.29) is 36.0 Å². The van der Waals surface area contributed by atoms with Gasteiger partial charge in [0.15, 0.2) is 5.41 Å². The fourth-order valence-corrected chi connectivity index (χ4v) is 4.61. The molecule has 0 amide bonds. The van der Waals surface area contributed by atoms with Gasteiger partial charge in [-0.05, 0) is 38.5 Å². The fourth-order valence-electron chi connectivity index (χ4n) is 4.61. The van der Waals surface area contributed by atoms with Crippen LogP contribution < -0.4 is 0 Å². The monoisotopic (exact) mass is 236 g/mol. The Hall–Kier alpha value is -1.06. The van der Waals surface area contributed by atoms with Crippen molar-refractivity contribution in [3.8, 4) is 0 Å². The van der Waals surface area contributed by atoms with E-state index in [9.17, 15) is 9.59 Å². The number of hydrogen-bond acceptors (Lipinski definition) is 4. The molecule has 17 heavy (non-hydrogen) atoms. The minimum atomic E-state index is -0.914. The summed E-state index contributed by atoms with van der Waals surface area (Å²) in [4.78, 5) is 24.5. The van der Waals surface area contributed by atoms with E-state index in [4.69, 9.17) is 9.47 Å². The predicted octanol–water partition coefficient (Wildman–Crippen LogP) is 1.42. The van der Waals surface area contributed by atoms with Crippen LogP contribution >= 0.6 is 0 Å². The SMILES string of the molecule is O=C1O[C@H]2CCC[C@H]2C12C(=O)O[C@@H]1CCC[C@H]12. The molecule has 0 radical (unpaired) electrons. The first-order valence-corrected chi connectivity index (χ1v) is 6.66. The highest BCUT2D eigenvalue weighted by Gasteiger charge is 2.73. The van der Waals surface area contributed by atoms with Crippen molar-refractivity contribution in [3.63, 3.8) is 0 Å². The van der Waals surface area contributed by atoms with Gasteiger partial charge >= 0.3 is 11.9 Å². The molecule has 5 atom stereocenters. The summed E-state index contributed by atoms with van der Waals surface area (Å²) in [5.74, 6) is -0.385. The van der Waals surface area contributed by atoms with Crippen LogP contribution in [-0.2, 0) is 19.1 Å². The molecule has 2 heterocycles. The summed E-state index contributed by atoms with van der Waals surface area (Å²) in [6.45, 7) is 0. The molecule has 4 heteroatoms. The molecule has 2 saturated carbocycles. The van der Waals surface area contributed by atoms with Gasteiger partial charge in [-0.2, -0.15) is 0 Å². The number of carbonyl (C=O) groups is 2. The maximum absolute atomic E-state index is 12.2. The summed E-state index contributed by atoms with van der Waals surface area (Å²) in [5.41, 5.74) is -0.914. The van der Waals surface area contributed by atoms with Crippen LogP contribution in [0, 0.1) is 17.3 Å². The summed E-state index contributed by atoms with van der Waals surface area (Å²) in [6, 6.07) is 0. The lowest BCUT2D eigenvalue weighted by Crippen LogP contribution is -2.43. The summed E-state index contributed by atoms with van der Waals surface area (Å²) in [5, 5.41) is 0. The molecule has 4 nitrogen and oxygen atoms in total. The second kappa shape index (κ2) is 3.03. The van der Waals surface area contributed by atoms with Crippen molar-refractivity contribution in [2.75, 3.05) is 0 Å². The number of hydrogen-bond donors (Lipinski definition) is 0. The normalized spacial score (nSPS) is 51.5. The van der Waals surface area contributed by atoms with E-state index in [0.29, 0.717) is 0 Å². The van der Waals surface area contributed by atoms with E-state index in [1.165, 1.54) is 0 Å². The van der Waals surface area contributed by atoms with Crippen LogP contribution in [-0.4, -0.2) is 24.1 Å². The van der Waals surface area contributed by atoms with Gasteiger partial charge in [0.1, 0.15) is 12.2 Å². The highest BCUT2D eigenvalue weighted by atomic mass is 16.6. The molecule has 0 aromatic carbocycles. The van der Waals surface area contributed by atoms with Gasteiger partial charge in [-0.25, -0.2) is 0 Å². The maximum atomic E-state index is 12.2. The van der Waals surface area contributed by atoms with Gasteiger partial charge < -0.3 is 9.47 Å². The second-order valence-electron chi connectivity index (χ2n) is 5.83. The van der Waals surface area contributed by atoms with Crippen molar-refractivity contribution in [2.24, 2.45) is 17.3 Å². The summed E-state index contributed by atoms with van der Waals surface area (Å²) in [7, 11) is 0. The van der Waals surface area contributed by atoms with Gasteiger partial charge in [0, 0.05) is 11.8 Å². The van der Waals surface area contributed by atoms with Gasteiger partial charge in [0.05, 0.1) is 0 Å². The zero-order valence-electron chi connectivity index (χ0n) is 9.69. The molecule has 92 valence electrons. The number of fused-ring (bicyclic) bond motifs is 4. The van der Waals surface area contributed by atoms with Gasteiger partial charge in [-0.3, -0.25) is 9.59 Å². The first-order valence-electron chi connectivity index (χ1n) is 6.66. The smallest absolute Gasteiger partial charge is 0.324 e. The number of carbonyl (C=O) groups excluding carboxylic acids is 2. The molecular weight excluding hydrogens is 220 g/mol. The Kier molecular flexibility index (Phi) is 1.77. The minimum absolute atomic E-state index is 0.0191. The lowest BCUT2D eigenvalue weighted by molar-refractivity contribution is -0.161. The van der Waals surface area contributed by atoms with Gasteiger partial charge in [0.2, 0.25) is 0 Å². The quantitative estimate of drug-likeness (QED) is 0.471. The highest BCUT2D eigenvalue weighted by molar-refractivity contribution is 6.04. The molecule has 0 bridgehead atoms. The minimum Gasteiger partial charge on any atom is -0.461 e. The first kappa shape index (κ1) is 9.92. The maximum Gasteiger partial charge on any atom is 0.324 e. The third kappa shape index (κ3) is 0.964. The molecule has 0 N–H and O–H groups in total. The van der Waals surface area contributed by atoms with Crippen molar-refractivity contribution >= 4 is 11.9 Å². The molecule has 1 spiro atoms. The van der Waals surface area contributed by atoms with E-state index >= 15 is 0 Å². The zero-order chi connectivity index (χ0) is 11.6. The van der Waals surface area contributed by atoms with E-state index in [0.717, 1.165) is 38.5 Å². The Morgan fingerprint density at radius 3 is 1.76 bits per heavy atom. The number of ether oxygens (including phenoxy) is 2. The zero-order valence-corrected chi connectivity index (χ0v) is 9.69. The Morgan fingerprint density at radius 2 is 1.29 bits per heavy atom. The van der Waals surface area contributed by atoms with Crippen molar-refractivity contribution in [1.82, 2.24) is 0 Å². The van der Waals surface area contributed by atoms with Crippen LogP contribution in [0.15, 0.2) is 0 Å². The van der Waals surface area contributed by atoms with Gasteiger partial charge in [0.25, 0.3) is 0 Å². The van der Waals surface area contributed by atoms with Crippen LogP contribution in [0.4, 0.5) is 0 Å². The lowest BCUT2D eigenvalue weighted by Gasteiger charge is -2.26. The molecular formula is C13H16O4. The molecule has 4 aliphatic rings. The molecule has 1 unspecified atom stereocenters. The van der Waals surface area contributed by atoms with Crippen molar-refractivity contribution < 1.29 is 19.1 Å². The van der Waals surface area contributed by atoms with Crippen LogP contribution in [0.25, 0.3) is 0 Å². The van der Waals surface area contributed by atoms with Crippen LogP contribution in [0.2, 0.25) is 0 Å². The third-order valence-electron chi connectivity index (χ3n) is 5.27. The lowest BCUT2D eigenvalue weighted by atomic mass is 9.67. The average molecular weight is 236 g/mol. The van der Waals surface area contributed by atoms with E-state index in [2.05, 4.69) is 0 Å². The summed E-state index contributed by atoms with van der Waals surface area (Å²) in [6.07, 6.45) is 5.81. The molecule has 2 aliphatic heterocycles. The van der Waals surface area contributed by atoms with E-state index in [1.807, 2.05) is 0 Å². The van der Waals surface area contributed by atoms with E-state index < -0.39 is 5.41 Å². The summed E-state index contributed by atoms with van der Waals surface area (Å²) >= 11 is 0. The van der Waals surface area contributed by atoms with Crippen molar-refractivity contribution in [3.05, 3.63) is 0 Å². The topological polar surface area (TPSA) is 52.6 Å². The molecule has 0 aromatic rings. The Labute approximate surface area is 99.6 Å². The predicted molar refractivity (Wildman–Crippen MR) is 56.9 cm³/mol. The van der Waals surface area contributed by atoms with Crippen molar-refractivity contribution in [1.29, 1.82) is 0 Å². The average Bonchev–Trinajstić information content (AvgIpc) is 2.95. The summed E-state index contributed by atoms with van der Waals surface area (Å²) < 4.78 is 10.9. The Bertz CT molecular complexity index is 364. The Morgan fingerprint density at radius 1 is 0.824 bits per heavy atom. The highest BCUT2D eigenvalue weighted by Crippen LogP contribution is 2.60. The van der Waals surface area contributed by atoms with Crippen LogP contribution in [0.3, 0.4) is 0 Å². The molecule has 2 saturated heterocycles. The number of rotatable bonds is 0. The van der Waals surface area contributed by atoms with E-state index in [1.54, 1.807) is 0 Å². The molecule has 4 fully saturated rings. The second-order valence-corrected chi connectivity index (χ2v) is 5.83. The van der Waals surface area contributed by atoms with Crippen molar-refractivity contribution in [2.45, 2.75) is 50.7 Å². The third-order valence-corrected chi connectivity index (χ3v) is 5.27. The number of esters is 2. The standard InChI is InChI=1S/C13H16O4/c14-11-13(7-3-1-5-9(7)16-11)8-4-2-6-10(8)17-12(13)15/h7-10H,1-6H2/t7-,8-,9-,10+,13?/m1/s1. The van der Waals surface area contributed by atoms with Gasteiger partial charge in [-0.1, -0.05) is 0 Å². The fraction of sp³-hybridized carbons (Fsp3) is 0.846. The van der Waals surface area contributed by atoms with Gasteiger partial charge in [-0.15, -0.1) is 0 Å². The molecule has 0 aromatic heterocycles. The van der Waals surface area contributed by atoms with Crippen LogP contribution in [0.5, 0.6) is 0 Å². The van der Waals surface area contributed by atoms with Crippen LogP contribution in [0.1, 0.15) is 38.5 Å². The molecule has 4 rings (SSSR count).